The number of hydrogen-bond acceptors (Lipinski definition) is 5. The molecule has 2 amide bonds. The smallest absolute Gasteiger partial charge is 0.270 e. The van der Waals surface area contributed by atoms with Crippen LogP contribution in [0.15, 0.2) is 46.9 Å². The van der Waals surface area contributed by atoms with Gasteiger partial charge in [-0.2, -0.15) is 0 Å². The van der Waals surface area contributed by atoms with Crippen LogP contribution in [0.4, 0.5) is 5.69 Å². The number of non-ortho nitro benzene ring substituents is 1. The molecule has 0 bridgehead atoms. The van der Waals surface area contributed by atoms with Crippen LogP contribution in [0.3, 0.4) is 0 Å². The van der Waals surface area contributed by atoms with E-state index in [4.69, 9.17) is 16.3 Å². The first kappa shape index (κ1) is 23.6. The predicted molar refractivity (Wildman–Crippen MR) is 117 cm³/mol. The Kier molecular flexibility index (Phi) is 8.61. The van der Waals surface area contributed by atoms with Crippen LogP contribution in [0.25, 0.3) is 0 Å². The van der Waals surface area contributed by atoms with E-state index >= 15 is 0 Å². The van der Waals surface area contributed by atoms with E-state index in [9.17, 15) is 19.7 Å². The molecule has 10 heteroatoms. The topological polar surface area (TPSA) is 111 Å². The first-order valence-electron chi connectivity index (χ1n) is 9.10. The molecule has 160 valence electrons. The van der Waals surface area contributed by atoms with E-state index in [2.05, 4.69) is 26.6 Å². The summed E-state index contributed by atoms with van der Waals surface area (Å²) >= 11 is 9.35. The van der Waals surface area contributed by atoms with Gasteiger partial charge in [0.25, 0.3) is 11.6 Å². The van der Waals surface area contributed by atoms with Crippen molar-refractivity contribution in [2.45, 2.75) is 19.9 Å². The van der Waals surface area contributed by atoms with Gasteiger partial charge in [-0.15, -0.1) is 0 Å². The Morgan fingerprint density at radius 1 is 1.23 bits per heavy atom. The first-order valence-corrected chi connectivity index (χ1v) is 10.3. The maximum Gasteiger partial charge on any atom is 0.270 e. The SMILES string of the molecule is CC(C)C(NC(=O)c1ccc([N+](=O)[O-])cc1Cl)C(=O)NCCOc1cccc(Br)c1. The Morgan fingerprint density at radius 2 is 1.97 bits per heavy atom. The summed E-state index contributed by atoms with van der Waals surface area (Å²) in [5.74, 6) is -0.486. The van der Waals surface area contributed by atoms with Crippen molar-refractivity contribution >= 4 is 45.0 Å². The normalized spacial score (nSPS) is 11.6. The predicted octanol–water partition coefficient (Wildman–Crippen LogP) is 3.96. The third kappa shape index (κ3) is 6.70. The highest BCUT2D eigenvalue weighted by atomic mass is 79.9. The average Bonchev–Trinajstić information content (AvgIpc) is 2.68. The zero-order valence-electron chi connectivity index (χ0n) is 16.4. The highest BCUT2D eigenvalue weighted by molar-refractivity contribution is 9.10. The molecule has 0 aliphatic heterocycles. The number of amides is 2. The Balaban J connectivity index is 1.93. The largest absolute Gasteiger partial charge is 0.492 e. The summed E-state index contributed by atoms with van der Waals surface area (Å²) in [5, 5.41) is 16.1. The highest BCUT2D eigenvalue weighted by Crippen LogP contribution is 2.23. The second-order valence-corrected chi connectivity index (χ2v) is 8.04. The molecule has 0 aliphatic rings. The van der Waals surface area contributed by atoms with E-state index in [0.717, 1.165) is 10.5 Å². The fourth-order valence-electron chi connectivity index (χ4n) is 2.57. The van der Waals surface area contributed by atoms with Crippen LogP contribution in [-0.2, 0) is 4.79 Å². The van der Waals surface area contributed by atoms with Crippen LogP contribution >= 0.6 is 27.5 Å². The number of nitro groups is 1. The number of carbonyl (C=O) groups is 2. The number of nitro benzene ring substituents is 1. The molecule has 0 radical (unpaired) electrons. The van der Waals surface area contributed by atoms with E-state index in [1.807, 2.05) is 18.2 Å². The van der Waals surface area contributed by atoms with Gasteiger partial charge in [0.05, 0.1) is 22.1 Å². The Morgan fingerprint density at radius 3 is 2.57 bits per heavy atom. The molecule has 0 spiro atoms. The zero-order valence-corrected chi connectivity index (χ0v) is 18.7. The summed E-state index contributed by atoms with van der Waals surface area (Å²) in [6.07, 6.45) is 0. The molecule has 0 aromatic heterocycles. The molecule has 0 fully saturated rings. The summed E-state index contributed by atoms with van der Waals surface area (Å²) in [7, 11) is 0. The van der Waals surface area contributed by atoms with E-state index in [0.29, 0.717) is 5.75 Å². The molecule has 0 heterocycles. The number of ether oxygens (including phenoxy) is 1. The van der Waals surface area contributed by atoms with Crippen LogP contribution in [-0.4, -0.2) is 35.9 Å². The fourth-order valence-corrected chi connectivity index (χ4v) is 3.20. The molecule has 8 nitrogen and oxygen atoms in total. The molecule has 2 aromatic rings. The summed E-state index contributed by atoms with van der Waals surface area (Å²) in [6.45, 7) is 4.10. The third-order valence-corrected chi connectivity index (χ3v) is 4.92. The van der Waals surface area contributed by atoms with Gasteiger partial charge in [-0.25, -0.2) is 0 Å². The van der Waals surface area contributed by atoms with Gasteiger partial charge in [0.15, 0.2) is 0 Å². The van der Waals surface area contributed by atoms with Crippen LogP contribution in [0.1, 0.15) is 24.2 Å². The molecule has 0 saturated heterocycles. The van der Waals surface area contributed by atoms with Crippen molar-refractivity contribution < 1.29 is 19.2 Å². The second kappa shape index (κ2) is 10.9. The van der Waals surface area contributed by atoms with Gasteiger partial charge in [0.1, 0.15) is 18.4 Å². The van der Waals surface area contributed by atoms with Crippen LogP contribution < -0.4 is 15.4 Å². The van der Waals surface area contributed by atoms with Crippen molar-refractivity contribution in [2.75, 3.05) is 13.2 Å². The number of benzene rings is 2. The minimum absolute atomic E-state index is 0.0544. The zero-order chi connectivity index (χ0) is 22.3. The summed E-state index contributed by atoms with van der Waals surface area (Å²) < 4.78 is 6.46. The van der Waals surface area contributed by atoms with Gasteiger partial charge in [-0.05, 0) is 30.2 Å². The monoisotopic (exact) mass is 497 g/mol. The van der Waals surface area contributed by atoms with Gasteiger partial charge >= 0.3 is 0 Å². The van der Waals surface area contributed by atoms with Crippen LogP contribution in [0.2, 0.25) is 5.02 Å². The van der Waals surface area contributed by atoms with E-state index in [1.54, 1.807) is 19.9 Å². The lowest BCUT2D eigenvalue weighted by atomic mass is 10.0. The van der Waals surface area contributed by atoms with Crippen molar-refractivity contribution in [3.05, 3.63) is 67.6 Å². The standard InChI is InChI=1S/C20H21BrClN3O5/c1-12(2)18(20(27)23-8-9-30-15-5-3-4-13(21)10-15)24-19(26)16-7-6-14(25(28)29)11-17(16)22/h3-7,10-12,18H,8-9H2,1-2H3,(H,23,27)(H,24,26). The number of rotatable bonds is 9. The number of nitrogens with zero attached hydrogens (tertiary/aromatic N) is 1. The summed E-state index contributed by atoms with van der Waals surface area (Å²) in [6, 6.07) is 10.1. The molecule has 0 saturated carbocycles. The number of hydrogen-bond donors (Lipinski definition) is 2. The Bertz CT molecular complexity index is 938. The van der Waals surface area contributed by atoms with Crippen molar-refractivity contribution in [1.82, 2.24) is 10.6 Å². The maximum absolute atomic E-state index is 12.5. The molecular formula is C20H21BrClN3O5. The minimum Gasteiger partial charge on any atom is -0.492 e. The minimum atomic E-state index is -0.811. The van der Waals surface area contributed by atoms with E-state index in [1.165, 1.54) is 12.1 Å². The van der Waals surface area contributed by atoms with E-state index < -0.39 is 16.9 Å². The number of nitrogens with one attached hydrogen (secondary N) is 2. The maximum atomic E-state index is 12.5. The van der Waals surface area contributed by atoms with Crippen molar-refractivity contribution in [3.8, 4) is 5.75 Å². The van der Waals surface area contributed by atoms with Gasteiger partial charge in [0, 0.05) is 16.6 Å². The van der Waals surface area contributed by atoms with Gasteiger partial charge < -0.3 is 15.4 Å². The lowest BCUT2D eigenvalue weighted by Gasteiger charge is -2.22. The molecule has 0 aliphatic carbocycles. The van der Waals surface area contributed by atoms with Gasteiger partial charge in [0.2, 0.25) is 5.91 Å². The molecular weight excluding hydrogens is 478 g/mol. The second-order valence-electron chi connectivity index (χ2n) is 6.71. The number of halogens is 2. The molecule has 2 rings (SSSR count). The molecule has 2 N–H and O–H groups in total. The average molecular weight is 499 g/mol. The lowest BCUT2D eigenvalue weighted by molar-refractivity contribution is -0.384. The van der Waals surface area contributed by atoms with Crippen LogP contribution in [0.5, 0.6) is 5.75 Å². The summed E-state index contributed by atoms with van der Waals surface area (Å²) in [5.41, 5.74) is -0.168. The van der Waals surface area contributed by atoms with Gasteiger partial charge in [-0.1, -0.05) is 47.4 Å². The lowest BCUT2D eigenvalue weighted by Crippen LogP contribution is -2.50. The molecule has 1 atom stereocenters. The van der Waals surface area contributed by atoms with Crippen molar-refractivity contribution in [2.24, 2.45) is 5.92 Å². The molecule has 2 aromatic carbocycles. The Labute approximate surface area is 187 Å². The number of carbonyl (C=O) groups excluding carboxylic acids is 2. The first-order chi connectivity index (χ1) is 14.2. The van der Waals surface area contributed by atoms with Crippen LogP contribution in [0, 0.1) is 16.0 Å². The molecule has 1 unspecified atom stereocenters. The van der Waals surface area contributed by atoms with Crippen molar-refractivity contribution in [1.29, 1.82) is 0 Å². The quantitative estimate of drug-likeness (QED) is 0.309. The Hall–Kier alpha value is -2.65. The van der Waals surface area contributed by atoms with E-state index in [-0.39, 0.29) is 41.3 Å². The fraction of sp³-hybridized carbons (Fsp3) is 0.300. The van der Waals surface area contributed by atoms with Gasteiger partial charge in [-0.3, -0.25) is 19.7 Å². The molecule has 30 heavy (non-hydrogen) atoms. The van der Waals surface area contributed by atoms with Crippen molar-refractivity contribution in [3.63, 3.8) is 0 Å². The third-order valence-electron chi connectivity index (χ3n) is 4.11. The summed E-state index contributed by atoms with van der Waals surface area (Å²) in [4.78, 5) is 35.3. The highest BCUT2D eigenvalue weighted by Gasteiger charge is 2.25.